The van der Waals surface area contributed by atoms with Crippen LogP contribution in [0.3, 0.4) is 0 Å². The first-order chi connectivity index (χ1) is 14.6. The fourth-order valence-corrected chi connectivity index (χ4v) is 5.80. The first kappa shape index (κ1) is 23.2. The van der Waals surface area contributed by atoms with Gasteiger partial charge in [-0.3, -0.25) is 9.59 Å². The number of rotatable bonds is 7. The van der Waals surface area contributed by atoms with E-state index in [1.165, 1.54) is 30.5 Å². The van der Waals surface area contributed by atoms with Crippen molar-refractivity contribution in [2.24, 2.45) is 5.73 Å². The summed E-state index contributed by atoms with van der Waals surface area (Å²) in [6.07, 6.45) is 3.49. The lowest BCUT2D eigenvalue weighted by Crippen LogP contribution is -2.23. The van der Waals surface area contributed by atoms with Crippen LogP contribution in [-0.2, 0) is 32.4 Å². The Morgan fingerprint density at radius 3 is 2.61 bits per heavy atom. The van der Waals surface area contributed by atoms with Gasteiger partial charge in [0, 0.05) is 4.88 Å². The average molecular weight is 486 g/mol. The van der Waals surface area contributed by atoms with E-state index in [2.05, 4.69) is 10.0 Å². The van der Waals surface area contributed by atoms with Crippen LogP contribution < -0.4 is 15.8 Å². The summed E-state index contributed by atoms with van der Waals surface area (Å²) in [5.41, 5.74) is 6.58. The summed E-state index contributed by atoms with van der Waals surface area (Å²) in [6, 6.07) is 3.60. The van der Waals surface area contributed by atoms with Gasteiger partial charge < -0.3 is 15.8 Å². The Kier molecular flexibility index (Phi) is 6.99. The molecule has 4 N–H and O–H groups in total. The highest BCUT2D eigenvalue weighted by atomic mass is 35.5. The van der Waals surface area contributed by atoms with Gasteiger partial charge in [-0.1, -0.05) is 11.6 Å². The molecule has 0 atom stereocenters. The number of primary amides is 1. The molecule has 0 unspecified atom stereocenters. The molecule has 1 heterocycles. The molecular formula is C19H20ClN3O6S2. The molecule has 0 spiro atoms. The van der Waals surface area contributed by atoms with E-state index < -0.39 is 34.4 Å². The number of hydrogen-bond acceptors (Lipinski definition) is 7. The van der Waals surface area contributed by atoms with E-state index in [9.17, 15) is 22.8 Å². The normalized spacial score (nSPS) is 13.4. The lowest BCUT2D eigenvalue weighted by molar-refractivity contribution is -0.119. The molecule has 1 aromatic heterocycles. The van der Waals surface area contributed by atoms with E-state index >= 15 is 0 Å². The number of carbonyl (C=O) groups is 3. The zero-order valence-electron chi connectivity index (χ0n) is 16.5. The fraction of sp³-hybridized carbons (Fsp3) is 0.316. The van der Waals surface area contributed by atoms with Crippen LogP contribution in [0.4, 0.5) is 5.00 Å². The molecular weight excluding hydrogens is 466 g/mol. The molecule has 12 heteroatoms. The van der Waals surface area contributed by atoms with E-state index in [0.29, 0.717) is 10.6 Å². The third-order valence-corrected chi connectivity index (χ3v) is 7.83. The number of ether oxygens (including phenoxy) is 1. The van der Waals surface area contributed by atoms with Crippen molar-refractivity contribution in [1.82, 2.24) is 4.72 Å². The smallest absolute Gasteiger partial charge is 0.338 e. The SMILES string of the molecule is CNS(=O)(=O)c1cc(C(=O)OCC(=O)Nc2sc3c(c2C(N)=O)CCCC3)ccc1Cl. The first-order valence-electron chi connectivity index (χ1n) is 9.28. The first-order valence-corrected chi connectivity index (χ1v) is 12.0. The van der Waals surface area contributed by atoms with Gasteiger partial charge in [-0.2, -0.15) is 0 Å². The second-order valence-electron chi connectivity index (χ2n) is 6.76. The molecule has 166 valence electrons. The number of fused-ring (bicyclic) bond motifs is 1. The monoisotopic (exact) mass is 485 g/mol. The van der Waals surface area contributed by atoms with Crippen LogP contribution in [0.25, 0.3) is 0 Å². The molecule has 0 fully saturated rings. The topological polar surface area (TPSA) is 145 Å². The number of esters is 1. The van der Waals surface area contributed by atoms with Crippen molar-refractivity contribution in [2.45, 2.75) is 30.6 Å². The largest absolute Gasteiger partial charge is 0.452 e. The standard InChI is InChI=1S/C19H20ClN3O6S2/c1-22-31(27,28)14-8-10(6-7-12(14)20)19(26)29-9-15(24)23-18-16(17(21)25)11-4-2-3-5-13(11)30-18/h6-8,22H,2-5,9H2,1H3,(H2,21,25)(H,23,24). The molecule has 1 aliphatic rings. The number of benzene rings is 1. The maximum absolute atomic E-state index is 12.3. The summed E-state index contributed by atoms with van der Waals surface area (Å²) >= 11 is 7.19. The second-order valence-corrected chi connectivity index (χ2v) is 10.1. The summed E-state index contributed by atoms with van der Waals surface area (Å²) in [5.74, 6) is -2.17. The van der Waals surface area contributed by atoms with Crippen LogP contribution in [-0.4, -0.2) is 39.9 Å². The lowest BCUT2D eigenvalue weighted by Gasteiger charge is -2.11. The van der Waals surface area contributed by atoms with Crippen molar-refractivity contribution in [2.75, 3.05) is 19.0 Å². The molecule has 0 saturated heterocycles. The maximum Gasteiger partial charge on any atom is 0.338 e. The fourth-order valence-electron chi connectivity index (χ4n) is 3.24. The maximum atomic E-state index is 12.3. The van der Waals surface area contributed by atoms with E-state index in [1.54, 1.807) is 0 Å². The highest BCUT2D eigenvalue weighted by Gasteiger charge is 2.25. The van der Waals surface area contributed by atoms with E-state index in [1.807, 2.05) is 0 Å². The van der Waals surface area contributed by atoms with Crippen molar-refractivity contribution in [1.29, 1.82) is 0 Å². The quantitative estimate of drug-likeness (QED) is 0.512. The molecule has 1 aromatic carbocycles. The zero-order valence-corrected chi connectivity index (χ0v) is 18.9. The van der Waals surface area contributed by atoms with Crippen LogP contribution in [0.15, 0.2) is 23.1 Å². The van der Waals surface area contributed by atoms with Crippen molar-refractivity contribution in [3.63, 3.8) is 0 Å². The third kappa shape index (κ3) is 5.06. The summed E-state index contributed by atoms with van der Waals surface area (Å²) in [7, 11) is -2.67. The minimum atomic E-state index is -3.88. The number of carbonyl (C=O) groups excluding carboxylic acids is 3. The molecule has 3 rings (SSSR count). The van der Waals surface area contributed by atoms with Gasteiger partial charge in [0.2, 0.25) is 10.0 Å². The Morgan fingerprint density at radius 2 is 1.94 bits per heavy atom. The van der Waals surface area contributed by atoms with Gasteiger partial charge in [0.15, 0.2) is 6.61 Å². The Balaban J connectivity index is 1.70. The van der Waals surface area contributed by atoms with Crippen LogP contribution in [0.2, 0.25) is 5.02 Å². The summed E-state index contributed by atoms with van der Waals surface area (Å²) < 4.78 is 31.1. The number of sulfonamides is 1. The Morgan fingerprint density at radius 1 is 1.23 bits per heavy atom. The Bertz CT molecular complexity index is 1160. The molecule has 31 heavy (non-hydrogen) atoms. The van der Waals surface area contributed by atoms with E-state index in [4.69, 9.17) is 22.1 Å². The lowest BCUT2D eigenvalue weighted by atomic mass is 9.95. The van der Waals surface area contributed by atoms with Crippen LogP contribution in [0.5, 0.6) is 0 Å². The number of hydrogen-bond donors (Lipinski definition) is 3. The van der Waals surface area contributed by atoms with Gasteiger partial charge in [-0.15, -0.1) is 11.3 Å². The van der Waals surface area contributed by atoms with Gasteiger partial charge in [-0.05, 0) is 56.5 Å². The predicted octanol–water partition coefficient (Wildman–Crippen LogP) is 2.08. The van der Waals surface area contributed by atoms with Crippen LogP contribution in [0.1, 0.15) is 44.0 Å². The predicted molar refractivity (Wildman–Crippen MR) is 116 cm³/mol. The molecule has 0 aliphatic heterocycles. The van der Waals surface area contributed by atoms with Crippen LogP contribution in [0, 0.1) is 0 Å². The molecule has 0 radical (unpaired) electrons. The second kappa shape index (κ2) is 9.35. The van der Waals surface area contributed by atoms with Crippen molar-refractivity contribution < 1.29 is 27.5 Å². The average Bonchev–Trinajstić information content (AvgIpc) is 3.10. The van der Waals surface area contributed by atoms with Gasteiger partial charge in [0.25, 0.3) is 11.8 Å². The minimum absolute atomic E-state index is 0.0655. The number of anilines is 1. The number of amides is 2. The number of aryl methyl sites for hydroxylation is 1. The highest BCUT2D eigenvalue weighted by molar-refractivity contribution is 7.89. The van der Waals surface area contributed by atoms with E-state index in [-0.39, 0.29) is 15.5 Å². The molecule has 2 amide bonds. The van der Waals surface area contributed by atoms with Gasteiger partial charge >= 0.3 is 5.97 Å². The van der Waals surface area contributed by atoms with Gasteiger partial charge in [0.1, 0.15) is 9.90 Å². The minimum Gasteiger partial charge on any atom is -0.452 e. The molecule has 0 bridgehead atoms. The number of halogens is 1. The summed E-state index contributed by atoms with van der Waals surface area (Å²) in [6.45, 7) is -0.629. The number of thiophene rings is 1. The number of nitrogens with one attached hydrogen (secondary N) is 2. The van der Waals surface area contributed by atoms with Crippen molar-refractivity contribution >= 4 is 55.7 Å². The molecule has 9 nitrogen and oxygen atoms in total. The van der Waals surface area contributed by atoms with Gasteiger partial charge in [-0.25, -0.2) is 17.9 Å². The summed E-state index contributed by atoms with van der Waals surface area (Å²) in [5, 5.41) is 2.86. The van der Waals surface area contributed by atoms with E-state index in [0.717, 1.165) is 42.2 Å². The van der Waals surface area contributed by atoms with Crippen molar-refractivity contribution in [3.05, 3.63) is 44.8 Å². The zero-order chi connectivity index (χ0) is 22.8. The molecule has 1 aliphatic carbocycles. The summed E-state index contributed by atoms with van der Waals surface area (Å²) in [4.78, 5) is 37.2. The molecule has 2 aromatic rings. The number of nitrogens with two attached hydrogens (primary N) is 1. The third-order valence-electron chi connectivity index (χ3n) is 4.73. The van der Waals surface area contributed by atoms with Gasteiger partial charge in [0.05, 0.1) is 16.1 Å². The Hall–Kier alpha value is -2.47. The van der Waals surface area contributed by atoms with Crippen molar-refractivity contribution in [3.8, 4) is 0 Å². The van der Waals surface area contributed by atoms with Crippen LogP contribution >= 0.6 is 22.9 Å². The highest BCUT2D eigenvalue weighted by Crippen LogP contribution is 2.37. The Labute approximate surface area is 188 Å². The molecule has 0 saturated carbocycles.